The normalized spacial score (nSPS) is 11.0. The fourth-order valence-corrected chi connectivity index (χ4v) is 4.08. The van der Waals surface area contributed by atoms with Gasteiger partial charge in [-0.15, -0.1) is 0 Å². The van der Waals surface area contributed by atoms with Crippen molar-refractivity contribution in [2.24, 2.45) is 0 Å². The Labute approximate surface area is 183 Å². The number of anilines is 1. The second-order valence-electron chi connectivity index (χ2n) is 7.10. The summed E-state index contributed by atoms with van der Waals surface area (Å²) in [6, 6.07) is 13.7. The van der Waals surface area contributed by atoms with E-state index in [4.69, 9.17) is 9.72 Å². The van der Waals surface area contributed by atoms with Gasteiger partial charge in [-0.1, -0.05) is 23.5 Å². The number of thiazole rings is 1. The van der Waals surface area contributed by atoms with Gasteiger partial charge in [-0.3, -0.25) is 4.79 Å². The number of likely N-dealkylation sites (N-methyl/N-ethyl adjacent to an activating group) is 1. The van der Waals surface area contributed by atoms with Crippen molar-refractivity contribution in [1.82, 2.24) is 20.1 Å². The molecule has 4 rings (SSSR count). The largest absolute Gasteiger partial charge is 0.497 e. The highest BCUT2D eigenvalue weighted by Gasteiger charge is 2.18. The molecule has 0 unspecified atom stereocenters. The van der Waals surface area contributed by atoms with Crippen LogP contribution in [0.3, 0.4) is 0 Å². The molecule has 2 aromatic heterocycles. The number of methoxy groups -OCH3 is 1. The third kappa shape index (κ3) is 4.51. The lowest BCUT2D eigenvalue weighted by Gasteiger charge is -2.15. The summed E-state index contributed by atoms with van der Waals surface area (Å²) in [7, 11) is 3.46. The Hall–Kier alpha value is -3.46. The van der Waals surface area contributed by atoms with Crippen LogP contribution in [0.1, 0.15) is 11.3 Å². The fourth-order valence-electron chi connectivity index (χ4n) is 3.13. The Morgan fingerprint density at radius 1 is 1.19 bits per heavy atom. The highest BCUT2D eigenvalue weighted by molar-refractivity contribution is 7.22. The van der Waals surface area contributed by atoms with Crippen LogP contribution in [0, 0.1) is 12.7 Å². The van der Waals surface area contributed by atoms with E-state index in [1.165, 1.54) is 23.5 Å². The lowest BCUT2D eigenvalue weighted by molar-refractivity contribution is -0.119. The molecule has 7 nitrogen and oxygen atoms in total. The monoisotopic (exact) mass is 439 g/mol. The van der Waals surface area contributed by atoms with Crippen LogP contribution in [0.4, 0.5) is 9.52 Å². The molecule has 0 aliphatic heterocycles. The van der Waals surface area contributed by atoms with Gasteiger partial charge in [0.15, 0.2) is 10.8 Å². The van der Waals surface area contributed by atoms with Gasteiger partial charge >= 0.3 is 0 Å². The standard InChI is InChI=1S/C22H22FN5O2S/c1-14-20-21(28(26-14)17-8-10-18(30-3)11-9-17)25-22(31-20)27(2)13-19(29)24-12-15-4-6-16(23)7-5-15/h4-11H,12-13H2,1-3H3,(H,24,29). The lowest BCUT2D eigenvalue weighted by Crippen LogP contribution is -2.34. The molecule has 1 N–H and O–H groups in total. The maximum Gasteiger partial charge on any atom is 0.239 e. The van der Waals surface area contributed by atoms with E-state index >= 15 is 0 Å². The number of hydrogen-bond acceptors (Lipinski definition) is 6. The number of halogens is 1. The molecule has 1 amide bonds. The second-order valence-corrected chi connectivity index (χ2v) is 8.08. The summed E-state index contributed by atoms with van der Waals surface area (Å²) in [6.07, 6.45) is 0. The molecule has 2 aromatic carbocycles. The van der Waals surface area contributed by atoms with E-state index < -0.39 is 0 Å². The van der Waals surface area contributed by atoms with Crippen molar-refractivity contribution in [2.45, 2.75) is 13.5 Å². The fraction of sp³-hybridized carbons (Fsp3) is 0.227. The first-order valence-electron chi connectivity index (χ1n) is 9.67. The summed E-state index contributed by atoms with van der Waals surface area (Å²) in [5, 5.41) is 8.19. The SMILES string of the molecule is COc1ccc(-n2nc(C)c3sc(N(C)CC(=O)NCc4ccc(F)cc4)nc32)cc1. The van der Waals surface area contributed by atoms with Gasteiger partial charge in [0.2, 0.25) is 5.91 Å². The van der Waals surface area contributed by atoms with E-state index in [0.29, 0.717) is 6.54 Å². The number of nitrogens with zero attached hydrogens (tertiary/aromatic N) is 4. The van der Waals surface area contributed by atoms with Crippen molar-refractivity contribution in [3.63, 3.8) is 0 Å². The van der Waals surface area contributed by atoms with Gasteiger partial charge in [0, 0.05) is 13.6 Å². The first-order chi connectivity index (χ1) is 14.9. The molecule has 160 valence electrons. The number of rotatable bonds is 7. The highest BCUT2D eigenvalue weighted by atomic mass is 32.1. The van der Waals surface area contributed by atoms with Crippen molar-refractivity contribution in [1.29, 1.82) is 0 Å². The van der Waals surface area contributed by atoms with Crippen LogP contribution >= 0.6 is 11.3 Å². The Morgan fingerprint density at radius 3 is 2.58 bits per heavy atom. The topological polar surface area (TPSA) is 72.3 Å². The third-order valence-corrected chi connectivity index (χ3v) is 6.07. The third-order valence-electron chi connectivity index (χ3n) is 4.80. The van der Waals surface area contributed by atoms with Gasteiger partial charge in [-0.05, 0) is 48.9 Å². The number of carbonyl (C=O) groups excluding carboxylic acids is 1. The van der Waals surface area contributed by atoms with Crippen molar-refractivity contribution >= 4 is 32.7 Å². The van der Waals surface area contributed by atoms with Gasteiger partial charge < -0.3 is 15.0 Å². The summed E-state index contributed by atoms with van der Waals surface area (Å²) in [6.45, 7) is 2.45. The molecule has 0 atom stereocenters. The number of nitrogens with one attached hydrogen (secondary N) is 1. The molecule has 0 saturated heterocycles. The molecule has 31 heavy (non-hydrogen) atoms. The Morgan fingerprint density at radius 2 is 1.90 bits per heavy atom. The maximum absolute atomic E-state index is 13.0. The van der Waals surface area contributed by atoms with Crippen LogP contribution in [-0.2, 0) is 11.3 Å². The molecule has 4 aromatic rings. The summed E-state index contributed by atoms with van der Waals surface area (Å²) >= 11 is 1.50. The van der Waals surface area contributed by atoms with E-state index in [0.717, 1.165) is 38.2 Å². The number of ether oxygens (including phenoxy) is 1. The van der Waals surface area contributed by atoms with Gasteiger partial charge in [-0.2, -0.15) is 10.1 Å². The van der Waals surface area contributed by atoms with Gasteiger partial charge in [0.25, 0.3) is 0 Å². The molecule has 9 heteroatoms. The molecule has 0 radical (unpaired) electrons. The second kappa shape index (κ2) is 8.73. The quantitative estimate of drug-likeness (QED) is 0.476. The predicted octanol–water partition coefficient (Wildman–Crippen LogP) is 3.69. The summed E-state index contributed by atoms with van der Waals surface area (Å²) < 4.78 is 21.0. The first-order valence-corrected chi connectivity index (χ1v) is 10.5. The number of hydrogen-bond donors (Lipinski definition) is 1. The minimum Gasteiger partial charge on any atom is -0.497 e. The Bertz CT molecular complexity index is 1200. The first kappa shape index (κ1) is 20.8. The van der Waals surface area contributed by atoms with Crippen LogP contribution < -0.4 is 15.0 Å². The smallest absolute Gasteiger partial charge is 0.239 e. The van der Waals surface area contributed by atoms with Crippen molar-refractivity contribution in [2.75, 3.05) is 25.6 Å². The maximum atomic E-state index is 13.0. The predicted molar refractivity (Wildman–Crippen MR) is 120 cm³/mol. The van der Waals surface area contributed by atoms with Crippen LogP contribution in [0.5, 0.6) is 5.75 Å². The zero-order chi connectivity index (χ0) is 22.0. The molecule has 0 bridgehead atoms. The van der Waals surface area contributed by atoms with E-state index in [9.17, 15) is 9.18 Å². The van der Waals surface area contributed by atoms with Crippen molar-refractivity contribution in [3.8, 4) is 11.4 Å². The van der Waals surface area contributed by atoms with Crippen LogP contribution in [0.2, 0.25) is 0 Å². The summed E-state index contributed by atoms with van der Waals surface area (Å²) in [5.74, 6) is 0.336. The van der Waals surface area contributed by atoms with Crippen molar-refractivity contribution < 1.29 is 13.9 Å². The average Bonchev–Trinajstić information content (AvgIpc) is 3.34. The minimum absolute atomic E-state index is 0.139. The molecule has 0 aliphatic carbocycles. The van der Waals surface area contributed by atoms with Gasteiger partial charge in [0.1, 0.15) is 11.6 Å². The van der Waals surface area contributed by atoms with Crippen LogP contribution in [0.15, 0.2) is 48.5 Å². The minimum atomic E-state index is -0.297. The molecule has 0 aliphatic rings. The zero-order valence-corrected chi connectivity index (χ0v) is 18.2. The number of aryl methyl sites for hydroxylation is 1. The molecular formula is C22H22FN5O2S. The highest BCUT2D eigenvalue weighted by Crippen LogP contribution is 2.32. The number of benzene rings is 2. The average molecular weight is 440 g/mol. The molecule has 2 heterocycles. The van der Waals surface area contributed by atoms with Crippen LogP contribution in [0.25, 0.3) is 16.0 Å². The summed E-state index contributed by atoms with van der Waals surface area (Å²) in [4.78, 5) is 18.9. The van der Waals surface area contributed by atoms with E-state index in [2.05, 4.69) is 10.4 Å². The van der Waals surface area contributed by atoms with Gasteiger partial charge in [-0.25, -0.2) is 9.07 Å². The number of carbonyl (C=O) groups is 1. The van der Waals surface area contributed by atoms with Crippen molar-refractivity contribution in [3.05, 3.63) is 65.6 Å². The van der Waals surface area contributed by atoms with E-state index in [1.807, 2.05) is 43.1 Å². The number of aromatic nitrogens is 3. The zero-order valence-electron chi connectivity index (χ0n) is 17.4. The molecule has 0 fully saturated rings. The van der Waals surface area contributed by atoms with Crippen LogP contribution in [-0.4, -0.2) is 41.4 Å². The summed E-state index contributed by atoms with van der Waals surface area (Å²) in [5.41, 5.74) is 3.35. The van der Waals surface area contributed by atoms with E-state index in [1.54, 1.807) is 23.9 Å². The number of amides is 1. The Kier molecular flexibility index (Phi) is 5.85. The Balaban J connectivity index is 1.47. The lowest BCUT2D eigenvalue weighted by atomic mass is 10.2. The van der Waals surface area contributed by atoms with Gasteiger partial charge in [0.05, 0.1) is 29.7 Å². The molecular weight excluding hydrogens is 417 g/mol. The number of fused-ring (bicyclic) bond motifs is 1. The van der Waals surface area contributed by atoms with E-state index in [-0.39, 0.29) is 18.3 Å². The molecule has 0 spiro atoms. The molecule has 0 saturated carbocycles.